The van der Waals surface area contributed by atoms with Crippen molar-refractivity contribution in [3.8, 4) is 0 Å². The van der Waals surface area contributed by atoms with Crippen molar-refractivity contribution < 1.29 is 18.0 Å². The summed E-state index contributed by atoms with van der Waals surface area (Å²) in [6, 6.07) is 3.53. The topological polar surface area (TPSA) is 62.5 Å². The highest BCUT2D eigenvalue weighted by molar-refractivity contribution is 5.76. The lowest BCUT2D eigenvalue weighted by molar-refractivity contribution is -0.149. The molecule has 1 saturated heterocycles. The summed E-state index contributed by atoms with van der Waals surface area (Å²) in [5, 5.41) is 0. The summed E-state index contributed by atoms with van der Waals surface area (Å²) in [6.07, 6.45) is -4.28. The highest BCUT2D eigenvalue weighted by Crippen LogP contribution is 2.22. The molecule has 5 nitrogen and oxygen atoms in total. The zero-order valence-electron chi connectivity index (χ0n) is 11.4. The molecule has 1 aromatic heterocycles. The number of anilines is 2. The number of nitrogens with zero attached hydrogens (tertiary/aromatic N) is 3. The second-order valence-electron chi connectivity index (χ2n) is 4.93. The van der Waals surface area contributed by atoms with Gasteiger partial charge in [-0.25, -0.2) is 4.98 Å². The van der Waals surface area contributed by atoms with Crippen LogP contribution in [0, 0.1) is 0 Å². The van der Waals surface area contributed by atoms with Crippen LogP contribution in [-0.4, -0.2) is 48.1 Å². The first-order chi connectivity index (χ1) is 9.85. The van der Waals surface area contributed by atoms with Gasteiger partial charge in [-0.3, -0.25) is 4.79 Å². The molecule has 0 bridgehead atoms. The van der Waals surface area contributed by atoms with E-state index in [1.165, 1.54) is 4.90 Å². The monoisotopic (exact) mass is 302 g/mol. The van der Waals surface area contributed by atoms with E-state index in [4.69, 9.17) is 5.73 Å². The molecule has 1 aliphatic heterocycles. The van der Waals surface area contributed by atoms with Crippen molar-refractivity contribution in [2.75, 3.05) is 36.8 Å². The fourth-order valence-corrected chi connectivity index (χ4v) is 2.18. The summed E-state index contributed by atoms with van der Waals surface area (Å²) in [5.74, 6) is 0.309. The number of halogens is 3. The number of nitrogens with two attached hydrogens (primary N) is 1. The quantitative estimate of drug-likeness (QED) is 0.922. The van der Waals surface area contributed by atoms with Crippen LogP contribution in [0.5, 0.6) is 0 Å². The molecule has 21 heavy (non-hydrogen) atoms. The Hall–Kier alpha value is -1.99. The predicted octanol–water partition coefficient (Wildman–Crippen LogP) is 1.65. The van der Waals surface area contributed by atoms with E-state index in [0.29, 0.717) is 31.9 Å². The van der Waals surface area contributed by atoms with Gasteiger partial charge in [0.05, 0.1) is 18.3 Å². The lowest BCUT2D eigenvalue weighted by Crippen LogP contribution is -2.49. The Morgan fingerprint density at radius 3 is 2.43 bits per heavy atom. The molecule has 0 aliphatic carbocycles. The Morgan fingerprint density at radius 1 is 1.24 bits per heavy atom. The first kappa shape index (κ1) is 15.4. The van der Waals surface area contributed by atoms with Crippen LogP contribution in [0.25, 0.3) is 0 Å². The molecule has 0 radical (unpaired) electrons. The number of piperazine rings is 1. The Bertz CT molecular complexity index is 481. The van der Waals surface area contributed by atoms with E-state index < -0.39 is 24.9 Å². The number of pyridine rings is 1. The van der Waals surface area contributed by atoms with Gasteiger partial charge in [0.1, 0.15) is 5.82 Å². The molecule has 2 N–H and O–H groups in total. The molecule has 0 aromatic carbocycles. The molecule has 1 amide bonds. The van der Waals surface area contributed by atoms with Crippen LogP contribution < -0.4 is 10.6 Å². The maximum absolute atomic E-state index is 12.1. The number of nitrogen functional groups attached to an aromatic ring is 1. The second-order valence-corrected chi connectivity index (χ2v) is 4.93. The number of carbonyl (C=O) groups excluding carboxylic acids is 1. The van der Waals surface area contributed by atoms with E-state index in [-0.39, 0.29) is 0 Å². The van der Waals surface area contributed by atoms with Gasteiger partial charge in [0.2, 0.25) is 5.91 Å². The van der Waals surface area contributed by atoms with Gasteiger partial charge in [0, 0.05) is 32.6 Å². The molecule has 2 heterocycles. The molecule has 1 aromatic rings. The van der Waals surface area contributed by atoms with Crippen LogP contribution in [0.15, 0.2) is 18.3 Å². The average Bonchev–Trinajstić information content (AvgIpc) is 2.45. The van der Waals surface area contributed by atoms with E-state index in [1.54, 1.807) is 18.3 Å². The van der Waals surface area contributed by atoms with Crippen LogP contribution in [0.3, 0.4) is 0 Å². The summed E-state index contributed by atoms with van der Waals surface area (Å²) in [7, 11) is 0. The zero-order valence-corrected chi connectivity index (χ0v) is 11.4. The highest BCUT2D eigenvalue weighted by atomic mass is 19.4. The van der Waals surface area contributed by atoms with Crippen molar-refractivity contribution in [3.05, 3.63) is 18.3 Å². The molecule has 2 rings (SSSR count). The van der Waals surface area contributed by atoms with Crippen molar-refractivity contribution in [2.45, 2.75) is 19.0 Å². The number of carbonyl (C=O) groups is 1. The third-order valence-corrected chi connectivity index (χ3v) is 3.35. The van der Waals surface area contributed by atoms with Gasteiger partial charge in [-0.1, -0.05) is 0 Å². The molecular formula is C13H17F3N4O. The molecule has 1 aliphatic rings. The predicted molar refractivity (Wildman–Crippen MR) is 72.7 cm³/mol. The minimum Gasteiger partial charge on any atom is -0.397 e. The molecule has 1 fully saturated rings. The molecular weight excluding hydrogens is 285 g/mol. The summed E-state index contributed by atoms with van der Waals surface area (Å²) >= 11 is 0. The Labute approximate surface area is 120 Å². The third kappa shape index (κ3) is 4.51. The van der Waals surface area contributed by atoms with Gasteiger partial charge < -0.3 is 15.5 Å². The lowest BCUT2D eigenvalue weighted by Gasteiger charge is -2.35. The summed E-state index contributed by atoms with van der Waals surface area (Å²) in [4.78, 5) is 19.3. The van der Waals surface area contributed by atoms with Crippen molar-refractivity contribution >= 4 is 17.4 Å². The number of rotatable bonds is 3. The van der Waals surface area contributed by atoms with E-state index in [9.17, 15) is 18.0 Å². The van der Waals surface area contributed by atoms with Gasteiger partial charge in [-0.15, -0.1) is 0 Å². The Kier molecular flexibility index (Phi) is 4.54. The Morgan fingerprint density at radius 2 is 1.90 bits per heavy atom. The lowest BCUT2D eigenvalue weighted by atomic mass is 10.2. The second kappa shape index (κ2) is 6.19. The summed E-state index contributed by atoms with van der Waals surface area (Å²) in [5.41, 5.74) is 6.13. The summed E-state index contributed by atoms with van der Waals surface area (Å²) in [6.45, 7) is 1.91. The van der Waals surface area contributed by atoms with Gasteiger partial charge in [0.15, 0.2) is 0 Å². The van der Waals surface area contributed by atoms with Crippen molar-refractivity contribution in [1.82, 2.24) is 9.88 Å². The van der Waals surface area contributed by atoms with Crippen LogP contribution in [0.2, 0.25) is 0 Å². The van der Waals surface area contributed by atoms with Gasteiger partial charge >= 0.3 is 6.18 Å². The number of alkyl halides is 3. The fraction of sp³-hybridized carbons (Fsp3) is 0.538. The highest BCUT2D eigenvalue weighted by Gasteiger charge is 2.30. The largest absolute Gasteiger partial charge is 0.397 e. The molecule has 8 heteroatoms. The molecule has 0 unspecified atom stereocenters. The van der Waals surface area contributed by atoms with Gasteiger partial charge in [-0.2, -0.15) is 13.2 Å². The van der Waals surface area contributed by atoms with Gasteiger partial charge in [0.25, 0.3) is 0 Å². The standard InChI is InChI=1S/C13H17F3N4O/c14-13(15,16)4-3-12(21)20-7-5-19(6-8-20)11-2-1-10(17)9-18-11/h1-2,9H,3-8,17H2. The van der Waals surface area contributed by atoms with E-state index in [2.05, 4.69) is 4.98 Å². The SMILES string of the molecule is Nc1ccc(N2CCN(C(=O)CCC(F)(F)F)CC2)nc1. The number of hydrogen-bond donors (Lipinski definition) is 1. The molecule has 0 atom stereocenters. The third-order valence-electron chi connectivity index (χ3n) is 3.35. The van der Waals surface area contributed by atoms with Gasteiger partial charge in [-0.05, 0) is 12.1 Å². The van der Waals surface area contributed by atoms with Crippen LogP contribution in [0.4, 0.5) is 24.7 Å². The molecule has 116 valence electrons. The first-order valence-electron chi connectivity index (χ1n) is 6.66. The maximum atomic E-state index is 12.1. The summed E-state index contributed by atoms with van der Waals surface area (Å²) < 4.78 is 36.3. The van der Waals surface area contributed by atoms with Crippen molar-refractivity contribution in [1.29, 1.82) is 0 Å². The number of hydrogen-bond acceptors (Lipinski definition) is 4. The van der Waals surface area contributed by atoms with Crippen LogP contribution in [-0.2, 0) is 4.79 Å². The average molecular weight is 302 g/mol. The molecule has 0 spiro atoms. The van der Waals surface area contributed by atoms with E-state index >= 15 is 0 Å². The minimum atomic E-state index is -4.29. The maximum Gasteiger partial charge on any atom is 0.389 e. The zero-order chi connectivity index (χ0) is 15.5. The van der Waals surface area contributed by atoms with Crippen LogP contribution >= 0.6 is 0 Å². The van der Waals surface area contributed by atoms with Crippen LogP contribution in [0.1, 0.15) is 12.8 Å². The normalized spacial score (nSPS) is 16.1. The van der Waals surface area contributed by atoms with Crippen molar-refractivity contribution in [3.63, 3.8) is 0 Å². The first-order valence-corrected chi connectivity index (χ1v) is 6.66. The van der Waals surface area contributed by atoms with Crippen molar-refractivity contribution in [2.24, 2.45) is 0 Å². The molecule has 0 saturated carbocycles. The van der Waals surface area contributed by atoms with E-state index in [1.807, 2.05) is 4.90 Å². The number of aromatic nitrogens is 1. The fourth-order valence-electron chi connectivity index (χ4n) is 2.18. The number of amides is 1. The Balaban J connectivity index is 1.82. The van der Waals surface area contributed by atoms with E-state index in [0.717, 1.165) is 5.82 Å². The smallest absolute Gasteiger partial charge is 0.389 e. The minimum absolute atomic E-state index is 0.406.